The van der Waals surface area contributed by atoms with E-state index in [-0.39, 0.29) is 11.4 Å². The Morgan fingerprint density at radius 2 is 1.59 bits per heavy atom. The van der Waals surface area contributed by atoms with Gasteiger partial charge in [0.1, 0.15) is 5.82 Å². The molecule has 1 unspecified atom stereocenters. The molecule has 1 aliphatic heterocycles. The summed E-state index contributed by atoms with van der Waals surface area (Å²) in [5.74, 6) is -0.411. The van der Waals surface area contributed by atoms with Crippen LogP contribution in [0, 0.1) is 5.82 Å². The average molecular weight is 406 g/mol. The highest BCUT2D eigenvalue weighted by atomic mass is 32.2. The lowest BCUT2D eigenvalue weighted by Crippen LogP contribution is -2.42. The van der Waals surface area contributed by atoms with Crippen molar-refractivity contribution in [1.82, 2.24) is 8.87 Å². The van der Waals surface area contributed by atoms with Crippen LogP contribution in [0.1, 0.15) is 17.3 Å². The molecule has 3 aromatic carbocycles. The molecule has 1 aromatic heterocycles. The summed E-state index contributed by atoms with van der Waals surface area (Å²) in [4.78, 5) is 0.220. The minimum Gasteiger partial charge on any atom is -0.348 e. The minimum atomic E-state index is -3.83. The fourth-order valence-corrected chi connectivity index (χ4v) is 5.70. The molecule has 4 nitrogen and oxygen atoms in total. The van der Waals surface area contributed by atoms with Crippen molar-refractivity contribution in [3.63, 3.8) is 0 Å². The molecule has 1 atom stereocenters. The molecular weight excluding hydrogens is 387 g/mol. The van der Waals surface area contributed by atoms with Gasteiger partial charge in [0, 0.05) is 30.5 Å². The van der Waals surface area contributed by atoms with Gasteiger partial charge >= 0.3 is 0 Å². The second-order valence-corrected chi connectivity index (χ2v) is 9.07. The van der Waals surface area contributed by atoms with E-state index in [1.54, 1.807) is 30.3 Å². The Hall–Kier alpha value is -2.96. The molecule has 2 heterocycles. The van der Waals surface area contributed by atoms with Gasteiger partial charge in [-0.3, -0.25) is 0 Å². The van der Waals surface area contributed by atoms with Crippen LogP contribution in [0.3, 0.4) is 0 Å². The van der Waals surface area contributed by atoms with Crippen molar-refractivity contribution >= 4 is 20.8 Å². The minimum absolute atomic E-state index is 0.220. The van der Waals surface area contributed by atoms with Crippen molar-refractivity contribution in [3.8, 4) is 0 Å². The zero-order chi connectivity index (χ0) is 20.0. The van der Waals surface area contributed by atoms with Crippen LogP contribution in [0.4, 0.5) is 4.39 Å². The van der Waals surface area contributed by atoms with Crippen LogP contribution >= 0.6 is 0 Å². The summed E-state index contributed by atoms with van der Waals surface area (Å²) in [6.07, 6.45) is 1.91. The number of aromatic nitrogens is 1. The third kappa shape index (κ3) is 2.96. The maximum atomic E-state index is 14.7. The van der Waals surface area contributed by atoms with E-state index in [2.05, 4.69) is 0 Å². The molecule has 0 fully saturated rings. The van der Waals surface area contributed by atoms with Crippen molar-refractivity contribution < 1.29 is 12.8 Å². The maximum Gasteiger partial charge on any atom is 0.244 e. The van der Waals surface area contributed by atoms with Gasteiger partial charge in [0.15, 0.2) is 0 Å². The summed E-state index contributed by atoms with van der Waals surface area (Å²) in [6, 6.07) is 22.2. The summed E-state index contributed by atoms with van der Waals surface area (Å²) < 4.78 is 45.4. The molecule has 4 aromatic rings. The Labute approximate surface area is 168 Å². The van der Waals surface area contributed by atoms with E-state index in [0.717, 1.165) is 16.5 Å². The van der Waals surface area contributed by atoms with Crippen molar-refractivity contribution in [2.45, 2.75) is 17.5 Å². The van der Waals surface area contributed by atoms with E-state index in [0.29, 0.717) is 12.1 Å². The average Bonchev–Trinajstić information content (AvgIpc) is 3.22. The first-order chi connectivity index (χ1) is 14.1. The third-order valence-electron chi connectivity index (χ3n) is 5.52. The first-order valence-electron chi connectivity index (χ1n) is 9.46. The van der Waals surface area contributed by atoms with Gasteiger partial charge in [-0.2, -0.15) is 4.31 Å². The third-order valence-corrected chi connectivity index (χ3v) is 7.38. The first-order valence-corrected chi connectivity index (χ1v) is 10.9. The Kier molecular flexibility index (Phi) is 4.26. The van der Waals surface area contributed by atoms with E-state index in [1.165, 1.54) is 10.4 Å². The summed E-state index contributed by atoms with van der Waals surface area (Å²) in [5, 5.41) is 1.83. The largest absolute Gasteiger partial charge is 0.348 e. The standard InChI is InChI=1S/C23H19FN2O2S/c24-21-9-4-3-8-20(21)23-22-10-5-13-25(22)14-15-26(23)29(27,28)19-12-11-17-6-1-2-7-18(17)16-19/h1-13,16,23H,14-15H2. The number of hydrogen-bond donors (Lipinski definition) is 0. The fraction of sp³-hybridized carbons (Fsp3) is 0.130. The molecule has 0 amide bonds. The van der Waals surface area contributed by atoms with Crippen molar-refractivity contribution in [3.05, 3.63) is 102 Å². The van der Waals surface area contributed by atoms with E-state index in [9.17, 15) is 12.8 Å². The van der Waals surface area contributed by atoms with Gasteiger partial charge in [-0.1, -0.05) is 48.5 Å². The van der Waals surface area contributed by atoms with Crippen LogP contribution in [-0.2, 0) is 16.6 Å². The predicted octanol–water partition coefficient (Wildman–Crippen LogP) is 4.57. The quantitative estimate of drug-likeness (QED) is 0.500. The lowest BCUT2D eigenvalue weighted by atomic mass is 10.0. The lowest BCUT2D eigenvalue weighted by Gasteiger charge is -2.36. The molecule has 0 radical (unpaired) electrons. The molecule has 146 valence electrons. The van der Waals surface area contributed by atoms with Crippen molar-refractivity contribution in [2.75, 3.05) is 6.54 Å². The Morgan fingerprint density at radius 3 is 2.41 bits per heavy atom. The molecule has 1 aliphatic rings. The summed E-state index contributed by atoms with van der Waals surface area (Å²) in [7, 11) is -3.83. The number of rotatable bonds is 3. The maximum absolute atomic E-state index is 14.7. The van der Waals surface area contributed by atoms with Crippen LogP contribution in [0.2, 0.25) is 0 Å². The molecule has 0 spiro atoms. The molecule has 29 heavy (non-hydrogen) atoms. The van der Waals surface area contributed by atoms with Crippen LogP contribution in [0.15, 0.2) is 90.0 Å². The highest BCUT2D eigenvalue weighted by Gasteiger charge is 2.38. The number of halogens is 1. The van der Waals surface area contributed by atoms with Crippen molar-refractivity contribution in [2.24, 2.45) is 0 Å². The van der Waals surface area contributed by atoms with E-state index >= 15 is 0 Å². The highest BCUT2D eigenvalue weighted by Crippen LogP contribution is 2.37. The number of hydrogen-bond acceptors (Lipinski definition) is 2. The molecule has 6 heteroatoms. The Balaban J connectivity index is 1.67. The van der Waals surface area contributed by atoms with Crippen LogP contribution in [0.25, 0.3) is 10.8 Å². The second-order valence-electron chi connectivity index (χ2n) is 7.18. The molecule has 0 bridgehead atoms. The van der Waals surface area contributed by atoms with E-state index in [4.69, 9.17) is 0 Å². The summed E-state index contributed by atoms with van der Waals surface area (Å²) in [6.45, 7) is 0.802. The number of benzene rings is 3. The van der Waals surface area contributed by atoms with E-state index < -0.39 is 21.9 Å². The van der Waals surface area contributed by atoms with Gasteiger partial charge in [-0.15, -0.1) is 0 Å². The number of nitrogens with zero attached hydrogens (tertiary/aromatic N) is 2. The molecule has 0 saturated heterocycles. The molecular formula is C23H19FN2O2S. The van der Waals surface area contributed by atoms with Crippen LogP contribution < -0.4 is 0 Å². The Bertz CT molecular complexity index is 1310. The summed E-state index contributed by atoms with van der Waals surface area (Å²) >= 11 is 0. The SMILES string of the molecule is O=S(=O)(c1ccc2ccccc2c1)N1CCn2cccc2C1c1ccccc1F. The van der Waals surface area contributed by atoms with Gasteiger partial charge in [0.2, 0.25) is 10.0 Å². The molecule has 0 aliphatic carbocycles. The van der Waals surface area contributed by atoms with Gasteiger partial charge in [0.05, 0.1) is 10.9 Å². The van der Waals surface area contributed by atoms with Crippen LogP contribution in [0.5, 0.6) is 0 Å². The topological polar surface area (TPSA) is 42.3 Å². The lowest BCUT2D eigenvalue weighted by molar-refractivity contribution is 0.293. The monoisotopic (exact) mass is 406 g/mol. The molecule has 5 rings (SSSR count). The zero-order valence-electron chi connectivity index (χ0n) is 15.6. The van der Waals surface area contributed by atoms with E-state index in [1.807, 2.05) is 53.2 Å². The Morgan fingerprint density at radius 1 is 0.828 bits per heavy atom. The predicted molar refractivity (Wildman–Crippen MR) is 111 cm³/mol. The fourth-order valence-electron chi connectivity index (χ4n) is 4.10. The summed E-state index contributed by atoms with van der Waals surface area (Å²) in [5.41, 5.74) is 1.13. The van der Waals surface area contributed by atoms with Gasteiger partial charge in [-0.25, -0.2) is 12.8 Å². The van der Waals surface area contributed by atoms with Crippen LogP contribution in [-0.4, -0.2) is 23.8 Å². The van der Waals surface area contributed by atoms with Gasteiger partial charge < -0.3 is 4.57 Å². The second kappa shape index (κ2) is 6.83. The normalized spacial score (nSPS) is 17.3. The van der Waals surface area contributed by atoms with Gasteiger partial charge in [-0.05, 0) is 41.1 Å². The number of fused-ring (bicyclic) bond motifs is 2. The smallest absolute Gasteiger partial charge is 0.244 e. The zero-order valence-corrected chi connectivity index (χ0v) is 16.4. The highest BCUT2D eigenvalue weighted by molar-refractivity contribution is 7.89. The van der Waals surface area contributed by atoms with Crippen molar-refractivity contribution in [1.29, 1.82) is 0 Å². The van der Waals surface area contributed by atoms with Gasteiger partial charge in [0.25, 0.3) is 0 Å². The molecule has 0 N–H and O–H groups in total. The number of sulfonamides is 1. The molecule has 0 saturated carbocycles. The first kappa shape index (κ1) is 18.1.